The second kappa shape index (κ2) is 17.6. The molecule has 330 valence electrons. The lowest BCUT2D eigenvalue weighted by Crippen LogP contribution is -2.69. The Bertz CT molecular complexity index is 1500. The zero-order chi connectivity index (χ0) is 43.7. The van der Waals surface area contributed by atoms with Crippen molar-refractivity contribution in [1.82, 2.24) is 35.5 Å². The highest BCUT2D eigenvalue weighted by atomic mass is 16.7. The lowest BCUT2D eigenvalue weighted by atomic mass is 9.57. The summed E-state index contributed by atoms with van der Waals surface area (Å²) in [6, 6.07) is 0.308. The summed E-state index contributed by atoms with van der Waals surface area (Å²) in [5.41, 5.74) is -2.84. The first kappa shape index (κ1) is 47.7. The molecule has 2 N–H and O–H groups in total. The van der Waals surface area contributed by atoms with Crippen molar-refractivity contribution in [3.05, 3.63) is 12.2 Å². The van der Waals surface area contributed by atoms with Crippen LogP contribution in [0.15, 0.2) is 6.33 Å². The monoisotopic (exact) mass is 815 g/mol. The number of hydrogen-bond acceptors (Lipinski definition) is 14. The molecule has 0 aromatic carbocycles. The summed E-state index contributed by atoms with van der Waals surface area (Å²) < 4.78 is 0. The van der Waals surface area contributed by atoms with E-state index in [1.54, 1.807) is 6.33 Å². The Morgan fingerprint density at radius 2 is 1.05 bits per heavy atom. The first-order chi connectivity index (χ1) is 26.6. The molecule has 58 heavy (non-hydrogen) atoms. The fourth-order valence-corrected chi connectivity index (χ4v) is 11.6. The predicted octanol–water partition coefficient (Wildman–Crippen LogP) is 7.73. The van der Waals surface area contributed by atoms with Gasteiger partial charge in [-0.25, -0.2) is 9.97 Å². The van der Waals surface area contributed by atoms with Gasteiger partial charge in [0.15, 0.2) is 0 Å². The molecule has 1 aromatic heterocycles. The number of aromatic nitrogens is 3. The van der Waals surface area contributed by atoms with Gasteiger partial charge in [0.25, 0.3) is 0 Å². The van der Waals surface area contributed by atoms with Gasteiger partial charge in [-0.2, -0.15) is 4.98 Å². The quantitative estimate of drug-likeness (QED) is 0.166. The van der Waals surface area contributed by atoms with Gasteiger partial charge in [-0.05, 0) is 159 Å². The molecule has 4 heterocycles. The molecule has 0 unspecified atom stereocenters. The molecule has 0 bridgehead atoms. The minimum atomic E-state index is -0.453. The molecule has 3 aliphatic rings. The van der Waals surface area contributed by atoms with Crippen LogP contribution >= 0.6 is 0 Å². The number of unbranched alkanes of at least 4 members (excludes halogenated alkanes) is 1. The van der Waals surface area contributed by atoms with Gasteiger partial charge in [0.2, 0.25) is 5.95 Å². The molecule has 0 amide bonds. The first-order valence-electron chi connectivity index (χ1n) is 21.7. The average molecular weight is 815 g/mol. The Kier molecular flexibility index (Phi) is 14.5. The number of nitrogens with one attached hydrogen (secondary N) is 2. The molecule has 3 fully saturated rings. The van der Waals surface area contributed by atoms with Crippen LogP contribution in [0.4, 0.5) is 5.95 Å². The van der Waals surface area contributed by atoms with Crippen LogP contribution in [0.5, 0.6) is 0 Å². The number of piperidine rings is 3. The molecule has 0 aliphatic carbocycles. The fourth-order valence-electron chi connectivity index (χ4n) is 11.6. The van der Waals surface area contributed by atoms with E-state index >= 15 is 0 Å². The number of nitrogens with zero attached hydrogens (tertiary/aromatic N) is 6. The molecule has 0 atom stereocenters. The van der Waals surface area contributed by atoms with Crippen LogP contribution in [-0.2, 0) is 35.3 Å². The Balaban J connectivity index is 1.58. The maximum absolute atomic E-state index is 12.4. The third kappa shape index (κ3) is 11.1. The highest BCUT2D eigenvalue weighted by molar-refractivity contribution is 5.66. The molecule has 1 aromatic rings. The number of hydroxylamine groups is 6. The standard InChI is InChI=1S/C44H78N8O6/c1-17-21-44(33-23-38(5,6)50(56-30(2)53)39(7,8)24-33,34-25-40(9,10)51(57-31(3)54)41(11,12)26-34)49-37-47-29-46-36(48-37)20-18-19-22-45-35-27-42(13,14)52(58-32(4)55)43(15,16)28-35/h29,33-35,45H,17-28H2,1-16H3,(H,46,47,48,49). The highest BCUT2D eigenvalue weighted by Gasteiger charge is 2.60. The average Bonchev–Trinajstić information content (AvgIpc) is 3.05. The van der Waals surface area contributed by atoms with Gasteiger partial charge < -0.3 is 25.1 Å². The second-order valence-electron chi connectivity index (χ2n) is 21.4. The van der Waals surface area contributed by atoms with Crippen LogP contribution in [0, 0.1) is 11.8 Å². The maximum atomic E-state index is 12.4. The molecular formula is C44H78N8O6. The van der Waals surface area contributed by atoms with E-state index in [4.69, 9.17) is 24.5 Å². The number of hydrogen-bond donors (Lipinski definition) is 2. The van der Waals surface area contributed by atoms with Crippen molar-refractivity contribution in [1.29, 1.82) is 0 Å². The molecule has 0 spiro atoms. The molecule has 0 radical (unpaired) electrons. The Morgan fingerprint density at radius 3 is 1.43 bits per heavy atom. The van der Waals surface area contributed by atoms with Crippen LogP contribution in [0.25, 0.3) is 0 Å². The van der Waals surface area contributed by atoms with Crippen LogP contribution < -0.4 is 10.6 Å². The van der Waals surface area contributed by atoms with Crippen molar-refractivity contribution in [2.24, 2.45) is 11.8 Å². The van der Waals surface area contributed by atoms with Crippen molar-refractivity contribution in [2.45, 2.75) is 226 Å². The van der Waals surface area contributed by atoms with Crippen molar-refractivity contribution < 1.29 is 28.9 Å². The summed E-state index contributed by atoms with van der Waals surface area (Å²) in [7, 11) is 0. The SMILES string of the molecule is CCCC(Nc1ncnc(CCCCNC2CC(C)(C)N(OC(C)=O)C(C)(C)C2)n1)(C1CC(C)(C)N(OC(C)=O)C(C)(C)C1)C1CC(C)(C)N(OC(C)=O)C(C)(C)C1. The molecular weight excluding hydrogens is 737 g/mol. The van der Waals surface area contributed by atoms with Crippen molar-refractivity contribution >= 4 is 23.9 Å². The van der Waals surface area contributed by atoms with E-state index < -0.39 is 27.7 Å². The predicted molar refractivity (Wildman–Crippen MR) is 226 cm³/mol. The van der Waals surface area contributed by atoms with Gasteiger partial charge in [-0.1, -0.05) is 13.3 Å². The number of anilines is 1. The summed E-state index contributed by atoms with van der Waals surface area (Å²) in [4.78, 5) is 68.5. The number of rotatable bonds is 15. The van der Waals surface area contributed by atoms with E-state index in [-0.39, 0.29) is 40.8 Å². The van der Waals surface area contributed by atoms with Gasteiger partial charge in [-0.15, -0.1) is 15.2 Å². The van der Waals surface area contributed by atoms with Gasteiger partial charge >= 0.3 is 17.9 Å². The van der Waals surface area contributed by atoms with Gasteiger partial charge in [0.05, 0.1) is 33.2 Å². The summed E-state index contributed by atoms with van der Waals surface area (Å²) in [6.45, 7) is 33.4. The van der Waals surface area contributed by atoms with E-state index in [1.807, 2.05) is 15.2 Å². The van der Waals surface area contributed by atoms with E-state index in [1.165, 1.54) is 20.8 Å². The highest BCUT2D eigenvalue weighted by Crippen LogP contribution is 2.55. The minimum absolute atomic E-state index is 0.156. The second-order valence-corrected chi connectivity index (χ2v) is 21.4. The topological polar surface area (TPSA) is 151 Å². The van der Waals surface area contributed by atoms with Crippen LogP contribution in [0.3, 0.4) is 0 Å². The Labute approximate surface area is 349 Å². The minimum Gasteiger partial charge on any atom is -0.367 e. The number of carbonyl (C=O) groups excluding carboxylic acids is 3. The fraction of sp³-hybridized carbons (Fsp3) is 0.864. The Morgan fingerprint density at radius 1 is 0.655 bits per heavy atom. The molecule has 14 nitrogen and oxygen atoms in total. The molecule has 14 heteroatoms. The van der Waals surface area contributed by atoms with E-state index in [9.17, 15) is 14.4 Å². The van der Waals surface area contributed by atoms with Gasteiger partial charge in [0.1, 0.15) is 12.2 Å². The van der Waals surface area contributed by atoms with E-state index in [2.05, 4.69) is 106 Å². The van der Waals surface area contributed by atoms with Crippen LogP contribution in [-0.4, -0.2) is 99.4 Å². The maximum Gasteiger partial charge on any atom is 0.322 e. The molecule has 0 saturated carbocycles. The molecule has 4 rings (SSSR count). The van der Waals surface area contributed by atoms with Crippen molar-refractivity contribution in [2.75, 3.05) is 11.9 Å². The largest absolute Gasteiger partial charge is 0.367 e. The van der Waals surface area contributed by atoms with Crippen LogP contribution in [0.2, 0.25) is 0 Å². The lowest BCUT2D eigenvalue weighted by molar-refractivity contribution is -0.282. The summed E-state index contributed by atoms with van der Waals surface area (Å²) >= 11 is 0. The molecule has 3 aliphatic heterocycles. The number of aryl methyl sites for hydroxylation is 1. The zero-order valence-corrected chi connectivity index (χ0v) is 38.9. The summed E-state index contributed by atoms with van der Waals surface area (Å²) in [6.07, 6.45) is 10.9. The van der Waals surface area contributed by atoms with Gasteiger partial charge in [-0.3, -0.25) is 14.4 Å². The first-order valence-corrected chi connectivity index (χ1v) is 21.7. The van der Waals surface area contributed by atoms with Crippen molar-refractivity contribution in [3.63, 3.8) is 0 Å². The van der Waals surface area contributed by atoms with Crippen LogP contribution in [0.1, 0.15) is 181 Å². The van der Waals surface area contributed by atoms with Crippen molar-refractivity contribution in [3.8, 4) is 0 Å². The Hall–Kier alpha value is -2.94. The van der Waals surface area contributed by atoms with E-state index in [0.717, 1.165) is 83.0 Å². The summed E-state index contributed by atoms with van der Waals surface area (Å²) in [5.74, 6) is 0.728. The smallest absolute Gasteiger partial charge is 0.322 e. The third-order valence-corrected chi connectivity index (χ3v) is 12.8. The zero-order valence-electron chi connectivity index (χ0n) is 38.9. The van der Waals surface area contributed by atoms with Gasteiger partial charge in [0, 0.05) is 38.8 Å². The van der Waals surface area contributed by atoms with E-state index in [0.29, 0.717) is 12.0 Å². The normalized spacial score (nSPS) is 23.9. The lowest BCUT2D eigenvalue weighted by Gasteiger charge is -2.62. The summed E-state index contributed by atoms with van der Waals surface area (Å²) in [5, 5.41) is 13.5. The third-order valence-electron chi connectivity index (χ3n) is 12.8. The molecule has 3 saturated heterocycles. The number of carbonyl (C=O) groups is 3.